The van der Waals surface area contributed by atoms with Crippen LogP contribution >= 0.6 is 0 Å². The van der Waals surface area contributed by atoms with E-state index < -0.39 is 0 Å². The van der Waals surface area contributed by atoms with Gasteiger partial charge in [-0.1, -0.05) is 6.92 Å². The Kier molecular flexibility index (Phi) is 3.19. The fourth-order valence-electron chi connectivity index (χ4n) is 1.93. The molecule has 6 nitrogen and oxygen atoms in total. The maximum absolute atomic E-state index is 11.9. The highest BCUT2D eigenvalue weighted by Gasteiger charge is 2.29. The summed E-state index contributed by atoms with van der Waals surface area (Å²) in [5.41, 5.74) is 0. The van der Waals surface area contributed by atoms with Gasteiger partial charge in [0, 0.05) is 13.6 Å². The second-order valence-electron chi connectivity index (χ2n) is 4.32. The van der Waals surface area contributed by atoms with Crippen LogP contribution in [0.4, 0.5) is 0 Å². The van der Waals surface area contributed by atoms with Crippen LogP contribution in [0.2, 0.25) is 0 Å². The molecule has 1 fully saturated rings. The molecule has 0 radical (unpaired) electrons. The Morgan fingerprint density at radius 1 is 1.69 bits per heavy atom. The predicted molar refractivity (Wildman–Crippen MR) is 58.4 cm³/mol. The van der Waals surface area contributed by atoms with Crippen LogP contribution in [0.25, 0.3) is 0 Å². The topological polar surface area (TPSA) is 71.8 Å². The third kappa shape index (κ3) is 2.21. The quantitative estimate of drug-likeness (QED) is 0.710. The lowest BCUT2D eigenvalue weighted by Gasteiger charge is -2.13. The Hall–Kier alpha value is -1.43. The molecule has 0 bridgehead atoms. The summed E-state index contributed by atoms with van der Waals surface area (Å²) in [6.45, 7) is 4.22. The molecule has 1 aliphatic rings. The normalized spacial score (nSPS) is 24.6. The van der Waals surface area contributed by atoms with E-state index in [2.05, 4.69) is 27.8 Å². The molecule has 2 rings (SSSR count). The van der Waals surface area contributed by atoms with Crippen molar-refractivity contribution >= 4 is 5.91 Å². The first-order chi connectivity index (χ1) is 7.68. The second kappa shape index (κ2) is 4.61. The molecule has 0 spiro atoms. The van der Waals surface area contributed by atoms with Crippen LogP contribution in [-0.2, 0) is 18.4 Å². The fraction of sp³-hybridized carbons (Fsp3) is 0.700. The van der Waals surface area contributed by atoms with Crippen LogP contribution in [0.15, 0.2) is 6.33 Å². The molecule has 1 aliphatic heterocycles. The van der Waals surface area contributed by atoms with Crippen molar-refractivity contribution in [2.24, 2.45) is 18.9 Å². The molecule has 88 valence electrons. The summed E-state index contributed by atoms with van der Waals surface area (Å²) in [6.07, 6.45) is 1.63. The van der Waals surface area contributed by atoms with Gasteiger partial charge in [-0.05, 0) is 12.5 Å². The van der Waals surface area contributed by atoms with Gasteiger partial charge >= 0.3 is 0 Å². The van der Waals surface area contributed by atoms with Gasteiger partial charge in [0.05, 0.1) is 12.5 Å². The monoisotopic (exact) mass is 223 g/mol. The van der Waals surface area contributed by atoms with Crippen molar-refractivity contribution in [2.45, 2.75) is 13.5 Å². The minimum atomic E-state index is 0.0771. The zero-order valence-electron chi connectivity index (χ0n) is 9.60. The zero-order chi connectivity index (χ0) is 11.5. The molecule has 0 aliphatic carbocycles. The third-order valence-electron chi connectivity index (χ3n) is 3.08. The van der Waals surface area contributed by atoms with Gasteiger partial charge < -0.3 is 15.2 Å². The smallest absolute Gasteiger partial charge is 0.225 e. The number of hydrogen-bond donors (Lipinski definition) is 2. The molecule has 1 aromatic rings. The summed E-state index contributed by atoms with van der Waals surface area (Å²) in [4.78, 5) is 11.9. The number of carbonyl (C=O) groups excluding carboxylic acids is 1. The Bertz CT molecular complexity index is 375. The van der Waals surface area contributed by atoms with E-state index in [1.807, 2.05) is 7.05 Å². The Morgan fingerprint density at radius 3 is 3.06 bits per heavy atom. The maximum Gasteiger partial charge on any atom is 0.225 e. The minimum Gasteiger partial charge on any atom is -0.349 e. The molecule has 2 atom stereocenters. The zero-order valence-corrected chi connectivity index (χ0v) is 9.60. The number of carbonyl (C=O) groups is 1. The standard InChI is InChI=1S/C10H17N5O/c1-7-3-11-4-8(7)10(16)12-5-9-14-13-6-15(9)2/h6-8,11H,3-5H2,1-2H3,(H,12,16). The van der Waals surface area contributed by atoms with Crippen molar-refractivity contribution in [2.75, 3.05) is 13.1 Å². The number of nitrogens with one attached hydrogen (secondary N) is 2. The van der Waals surface area contributed by atoms with E-state index in [-0.39, 0.29) is 11.8 Å². The molecule has 1 saturated heterocycles. The predicted octanol–water partition coefficient (Wildman–Crippen LogP) is -0.713. The van der Waals surface area contributed by atoms with Gasteiger partial charge in [-0.3, -0.25) is 4.79 Å². The molecule has 2 N–H and O–H groups in total. The summed E-state index contributed by atoms with van der Waals surface area (Å²) >= 11 is 0. The van der Waals surface area contributed by atoms with E-state index in [0.29, 0.717) is 12.5 Å². The van der Waals surface area contributed by atoms with Crippen molar-refractivity contribution in [1.82, 2.24) is 25.4 Å². The first-order valence-corrected chi connectivity index (χ1v) is 5.50. The minimum absolute atomic E-state index is 0.0771. The van der Waals surface area contributed by atoms with Gasteiger partial charge in [0.2, 0.25) is 5.91 Å². The molecular formula is C10H17N5O. The van der Waals surface area contributed by atoms with Crippen molar-refractivity contribution in [3.05, 3.63) is 12.2 Å². The Balaban J connectivity index is 1.86. The summed E-state index contributed by atoms with van der Waals surface area (Å²) < 4.78 is 1.80. The van der Waals surface area contributed by atoms with Crippen LogP contribution in [0.1, 0.15) is 12.7 Å². The first-order valence-electron chi connectivity index (χ1n) is 5.50. The first kappa shape index (κ1) is 11.1. The molecule has 6 heteroatoms. The number of amides is 1. The average molecular weight is 223 g/mol. The maximum atomic E-state index is 11.9. The number of nitrogens with zero attached hydrogens (tertiary/aromatic N) is 3. The van der Waals surface area contributed by atoms with Crippen LogP contribution in [0.3, 0.4) is 0 Å². The SMILES string of the molecule is CC1CNCC1C(=O)NCc1nncn1C. The lowest BCUT2D eigenvalue weighted by atomic mass is 9.97. The third-order valence-corrected chi connectivity index (χ3v) is 3.08. The number of aromatic nitrogens is 3. The van der Waals surface area contributed by atoms with Gasteiger partial charge in [-0.2, -0.15) is 0 Å². The summed E-state index contributed by atoms with van der Waals surface area (Å²) in [5.74, 6) is 1.35. The summed E-state index contributed by atoms with van der Waals surface area (Å²) in [5, 5.41) is 13.8. The Morgan fingerprint density at radius 2 is 2.50 bits per heavy atom. The van der Waals surface area contributed by atoms with E-state index in [1.165, 1.54) is 0 Å². The molecule has 0 saturated carbocycles. The van der Waals surface area contributed by atoms with Gasteiger partial charge in [0.15, 0.2) is 5.82 Å². The van der Waals surface area contributed by atoms with E-state index in [0.717, 1.165) is 18.9 Å². The van der Waals surface area contributed by atoms with Crippen LogP contribution < -0.4 is 10.6 Å². The highest BCUT2D eigenvalue weighted by atomic mass is 16.1. The second-order valence-corrected chi connectivity index (χ2v) is 4.32. The number of aryl methyl sites for hydroxylation is 1. The molecule has 1 amide bonds. The lowest BCUT2D eigenvalue weighted by molar-refractivity contribution is -0.125. The van der Waals surface area contributed by atoms with Crippen molar-refractivity contribution in [3.8, 4) is 0 Å². The van der Waals surface area contributed by atoms with Gasteiger partial charge in [0.1, 0.15) is 6.33 Å². The molecule has 1 aromatic heterocycles. The highest BCUT2D eigenvalue weighted by Crippen LogP contribution is 2.15. The molecular weight excluding hydrogens is 206 g/mol. The molecule has 0 aromatic carbocycles. The Labute approximate surface area is 94.4 Å². The molecule has 16 heavy (non-hydrogen) atoms. The van der Waals surface area contributed by atoms with Crippen LogP contribution in [-0.4, -0.2) is 33.8 Å². The fourth-order valence-corrected chi connectivity index (χ4v) is 1.93. The van der Waals surface area contributed by atoms with E-state index >= 15 is 0 Å². The van der Waals surface area contributed by atoms with Crippen molar-refractivity contribution in [1.29, 1.82) is 0 Å². The van der Waals surface area contributed by atoms with Gasteiger partial charge in [-0.25, -0.2) is 0 Å². The average Bonchev–Trinajstić information content (AvgIpc) is 2.84. The molecule has 2 heterocycles. The largest absolute Gasteiger partial charge is 0.349 e. The van der Waals surface area contributed by atoms with E-state index in [9.17, 15) is 4.79 Å². The number of hydrogen-bond acceptors (Lipinski definition) is 4. The van der Waals surface area contributed by atoms with Crippen molar-refractivity contribution < 1.29 is 4.79 Å². The van der Waals surface area contributed by atoms with E-state index in [4.69, 9.17) is 0 Å². The van der Waals surface area contributed by atoms with E-state index in [1.54, 1.807) is 10.9 Å². The number of rotatable bonds is 3. The van der Waals surface area contributed by atoms with Crippen LogP contribution in [0.5, 0.6) is 0 Å². The summed E-state index contributed by atoms with van der Waals surface area (Å²) in [7, 11) is 1.86. The summed E-state index contributed by atoms with van der Waals surface area (Å²) in [6, 6.07) is 0. The van der Waals surface area contributed by atoms with Gasteiger partial charge in [0.25, 0.3) is 0 Å². The molecule has 2 unspecified atom stereocenters. The van der Waals surface area contributed by atoms with Gasteiger partial charge in [-0.15, -0.1) is 10.2 Å². The lowest BCUT2D eigenvalue weighted by Crippen LogP contribution is -2.34. The highest BCUT2D eigenvalue weighted by molar-refractivity contribution is 5.79. The van der Waals surface area contributed by atoms with Crippen LogP contribution in [0, 0.1) is 11.8 Å². The van der Waals surface area contributed by atoms with Crippen molar-refractivity contribution in [3.63, 3.8) is 0 Å².